The molecular formula is C12H13Cl2N3O4. The van der Waals surface area contributed by atoms with Gasteiger partial charge in [0.15, 0.2) is 0 Å². The molecule has 3 amide bonds. The molecule has 0 bridgehead atoms. The van der Waals surface area contributed by atoms with Gasteiger partial charge < -0.3 is 21.5 Å². The largest absolute Gasteiger partial charge is 0.478 e. The van der Waals surface area contributed by atoms with E-state index in [0.717, 1.165) is 12.1 Å². The van der Waals surface area contributed by atoms with Crippen LogP contribution in [0, 0.1) is 0 Å². The third-order valence-corrected chi connectivity index (χ3v) is 3.17. The number of primary amides is 1. The summed E-state index contributed by atoms with van der Waals surface area (Å²) in [6, 6.07) is 1.53. The summed E-state index contributed by atoms with van der Waals surface area (Å²) < 4.78 is 0. The zero-order valence-corrected chi connectivity index (χ0v) is 12.7. The highest BCUT2D eigenvalue weighted by atomic mass is 35.5. The van der Waals surface area contributed by atoms with Crippen molar-refractivity contribution in [1.29, 1.82) is 0 Å². The fraction of sp³-hybridized carbons (Fsp3) is 0.250. The quantitative estimate of drug-likeness (QED) is 0.673. The van der Waals surface area contributed by atoms with Crippen LogP contribution in [-0.2, 0) is 4.79 Å². The Hall–Kier alpha value is -1.99. The van der Waals surface area contributed by atoms with Gasteiger partial charge in [-0.05, 0) is 26.0 Å². The van der Waals surface area contributed by atoms with E-state index in [2.05, 4.69) is 10.6 Å². The number of amides is 3. The number of benzene rings is 1. The lowest BCUT2D eigenvalue weighted by atomic mass is 10.1. The normalized spacial score (nSPS) is 10.9. The van der Waals surface area contributed by atoms with Crippen molar-refractivity contribution < 1.29 is 19.5 Å². The minimum Gasteiger partial charge on any atom is -0.478 e. The van der Waals surface area contributed by atoms with Gasteiger partial charge in [-0.2, -0.15) is 0 Å². The number of halogens is 2. The molecular weight excluding hydrogens is 321 g/mol. The molecule has 0 spiro atoms. The molecule has 0 aromatic heterocycles. The predicted molar refractivity (Wildman–Crippen MR) is 78.8 cm³/mol. The summed E-state index contributed by atoms with van der Waals surface area (Å²) in [5, 5.41) is 13.4. The van der Waals surface area contributed by atoms with Gasteiger partial charge in [-0.25, -0.2) is 9.59 Å². The Bertz CT molecular complexity index is 594. The molecule has 0 aliphatic rings. The van der Waals surface area contributed by atoms with Gasteiger partial charge >= 0.3 is 12.0 Å². The summed E-state index contributed by atoms with van der Waals surface area (Å²) in [5.74, 6) is -1.93. The van der Waals surface area contributed by atoms with Crippen LogP contribution in [0.5, 0.6) is 0 Å². The van der Waals surface area contributed by atoms with Crippen LogP contribution in [-0.4, -0.2) is 28.6 Å². The van der Waals surface area contributed by atoms with E-state index >= 15 is 0 Å². The van der Waals surface area contributed by atoms with Crippen molar-refractivity contribution in [3.63, 3.8) is 0 Å². The average molecular weight is 334 g/mol. The van der Waals surface area contributed by atoms with E-state index in [0.29, 0.717) is 0 Å². The number of urea groups is 1. The van der Waals surface area contributed by atoms with Gasteiger partial charge in [0.2, 0.25) is 5.91 Å². The molecule has 1 rings (SSSR count). The van der Waals surface area contributed by atoms with Crippen LogP contribution in [0.4, 0.5) is 10.5 Å². The minimum atomic E-state index is -1.27. The highest BCUT2D eigenvalue weighted by molar-refractivity contribution is 6.40. The van der Waals surface area contributed by atoms with Crippen LogP contribution in [0.2, 0.25) is 10.0 Å². The molecule has 114 valence electrons. The van der Waals surface area contributed by atoms with Gasteiger partial charge in [-0.3, -0.25) is 4.79 Å². The monoisotopic (exact) mass is 333 g/mol. The molecule has 0 aliphatic heterocycles. The number of nitrogens with one attached hydrogen (secondary N) is 2. The molecule has 0 radical (unpaired) electrons. The molecule has 1 aromatic rings. The molecule has 9 heteroatoms. The number of carboxylic acid groups (broad SMARTS) is 1. The predicted octanol–water partition coefficient (Wildman–Crippen LogP) is 2.08. The van der Waals surface area contributed by atoms with Crippen LogP contribution in [0.15, 0.2) is 12.1 Å². The lowest BCUT2D eigenvalue weighted by Gasteiger charge is -2.22. The first-order valence-corrected chi connectivity index (χ1v) is 6.41. The number of hydrogen-bond acceptors (Lipinski definition) is 3. The number of aromatic carboxylic acids is 1. The van der Waals surface area contributed by atoms with Gasteiger partial charge in [-0.1, -0.05) is 23.2 Å². The highest BCUT2D eigenvalue weighted by Gasteiger charge is 2.27. The summed E-state index contributed by atoms with van der Waals surface area (Å²) in [4.78, 5) is 33.8. The second-order valence-corrected chi connectivity index (χ2v) is 5.50. The molecule has 0 aliphatic carbocycles. The maximum Gasteiger partial charge on any atom is 0.335 e. The smallest absolute Gasteiger partial charge is 0.335 e. The molecule has 0 atom stereocenters. The summed E-state index contributed by atoms with van der Waals surface area (Å²) in [5.41, 5.74) is 3.76. The first kappa shape index (κ1) is 17.1. The number of hydrogen-bond donors (Lipinski definition) is 4. The van der Waals surface area contributed by atoms with Crippen molar-refractivity contribution in [2.45, 2.75) is 19.4 Å². The number of carbonyl (C=O) groups is 3. The molecule has 21 heavy (non-hydrogen) atoms. The van der Waals surface area contributed by atoms with Gasteiger partial charge in [0, 0.05) is 0 Å². The lowest BCUT2D eigenvalue weighted by Crippen LogP contribution is -2.54. The summed E-state index contributed by atoms with van der Waals surface area (Å²) in [7, 11) is 0. The maximum atomic E-state index is 11.8. The Labute approximate surface area is 130 Å². The minimum absolute atomic E-state index is 0.0288. The van der Waals surface area contributed by atoms with Crippen LogP contribution in [0.1, 0.15) is 24.2 Å². The van der Waals surface area contributed by atoms with Crippen molar-refractivity contribution in [2.75, 3.05) is 5.32 Å². The fourth-order valence-corrected chi connectivity index (χ4v) is 1.89. The molecule has 0 fully saturated rings. The van der Waals surface area contributed by atoms with Gasteiger partial charge in [0.1, 0.15) is 5.54 Å². The topological polar surface area (TPSA) is 122 Å². The molecule has 1 aromatic carbocycles. The Morgan fingerprint density at radius 2 is 1.67 bits per heavy atom. The summed E-state index contributed by atoms with van der Waals surface area (Å²) in [6.07, 6.45) is 0. The number of anilines is 1. The van der Waals surface area contributed by atoms with Crippen molar-refractivity contribution in [1.82, 2.24) is 5.32 Å². The summed E-state index contributed by atoms with van der Waals surface area (Å²) >= 11 is 11.7. The SMILES string of the molecule is CC(C)(NC(=O)Nc1c(Cl)cc(C(=O)O)cc1Cl)C(N)=O. The third kappa shape index (κ3) is 4.24. The van der Waals surface area contributed by atoms with Crippen molar-refractivity contribution in [3.05, 3.63) is 27.7 Å². The van der Waals surface area contributed by atoms with Crippen LogP contribution in [0.3, 0.4) is 0 Å². The standard InChI is InChI=1S/C12H13Cl2N3O4/c1-12(2,10(15)20)17-11(21)16-8-6(13)3-5(9(18)19)4-7(8)14/h3-4H,1-2H3,(H2,15,20)(H,18,19)(H2,16,17,21). The molecule has 0 saturated heterocycles. The Morgan fingerprint density at radius 3 is 2.05 bits per heavy atom. The van der Waals surface area contributed by atoms with Gasteiger partial charge in [-0.15, -0.1) is 0 Å². The average Bonchev–Trinajstić information content (AvgIpc) is 2.32. The number of carboxylic acids is 1. The second-order valence-electron chi connectivity index (χ2n) is 4.69. The van der Waals surface area contributed by atoms with Crippen molar-refractivity contribution in [3.8, 4) is 0 Å². The maximum absolute atomic E-state index is 11.8. The molecule has 0 heterocycles. The van der Waals surface area contributed by atoms with E-state index in [1.54, 1.807) is 0 Å². The molecule has 5 N–H and O–H groups in total. The van der Waals surface area contributed by atoms with E-state index in [-0.39, 0.29) is 21.3 Å². The van der Waals surface area contributed by atoms with Crippen LogP contribution >= 0.6 is 23.2 Å². The van der Waals surface area contributed by atoms with E-state index < -0.39 is 23.4 Å². The second kappa shape index (κ2) is 6.19. The van der Waals surface area contributed by atoms with Crippen molar-refractivity contribution in [2.24, 2.45) is 5.73 Å². The number of carbonyl (C=O) groups excluding carboxylic acids is 2. The van der Waals surface area contributed by atoms with E-state index in [1.807, 2.05) is 0 Å². The van der Waals surface area contributed by atoms with Crippen LogP contribution < -0.4 is 16.4 Å². The first-order valence-electron chi connectivity index (χ1n) is 5.66. The molecule has 0 unspecified atom stereocenters. The number of nitrogens with two attached hydrogens (primary N) is 1. The lowest BCUT2D eigenvalue weighted by molar-refractivity contribution is -0.122. The van der Waals surface area contributed by atoms with E-state index in [9.17, 15) is 14.4 Å². The van der Waals surface area contributed by atoms with Crippen molar-refractivity contribution >= 4 is 46.8 Å². The van der Waals surface area contributed by atoms with E-state index in [4.69, 9.17) is 34.0 Å². The number of rotatable bonds is 4. The Kier molecular flexibility index (Phi) is 5.03. The van der Waals surface area contributed by atoms with Crippen LogP contribution in [0.25, 0.3) is 0 Å². The van der Waals surface area contributed by atoms with Gasteiger partial charge in [0.05, 0.1) is 21.3 Å². The Morgan fingerprint density at radius 1 is 1.19 bits per heavy atom. The molecule has 7 nitrogen and oxygen atoms in total. The first-order chi connectivity index (χ1) is 9.54. The van der Waals surface area contributed by atoms with Gasteiger partial charge in [0.25, 0.3) is 0 Å². The zero-order chi connectivity index (χ0) is 16.4. The Balaban J connectivity index is 2.96. The fourth-order valence-electron chi connectivity index (χ4n) is 1.31. The third-order valence-electron chi connectivity index (χ3n) is 2.57. The zero-order valence-electron chi connectivity index (χ0n) is 11.2. The van der Waals surface area contributed by atoms with E-state index in [1.165, 1.54) is 13.8 Å². The summed E-state index contributed by atoms with van der Waals surface area (Å²) in [6.45, 7) is 2.84. The highest BCUT2D eigenvalue weighted by Crippen LogP contribution is 2.31. The molecule has 0 saturated carbocycles.